The molecule has 1 unspecified atom stereocenters. The summed E-state index contributed by atoms with van der Waals surface area (Å²) in [7, 11) is 0. The van der Waals surface area contributed by atoms with Crippen LogP contribution in [0, 0.1) is 12.3 Å². The minimum Gasteiger partial charge on any atom is -0.508 e. The van der Waals surface area contributed by atoms with Gasteiger partial charge in [0.05, 0.1) is 0 Å². The van der Waals surface area contributed by atoms with Gasteiger partial charge in [0.1, 0.15) is 11.4 Å². The third kappa shape index (κ3) is 4.55. The maximum atomic E-state index is 11.7. The van der Waals surface area contributed by atoms with Crippen LogP contribution in [0.1, 0.15) is 39.2 Å². The van der Waals surface area contributed by atoms with Crippen molar-refractivity contribution in [1.29, 1.82) is 0 Å². The predicted octanol–water partition coefficient (Wildman–Crippen LogP) is 3.48. The first-order valence-electron chi connectivity index (χ1n) is 6.02. The zero-order chi connectivity index (χ0) is 14.6. The van der Waals surface area contributed by atoms with Crippen molar-refractivity contribution in [2.75, 3.05) is 5.32 Å². The average Bonchev–Trinajstić information content (AvgIpc) is 2.28. The van der Waals surface area contributed by atoms with E-state index in [9.17, 15) is 9.90 Å². The Morgan fingerprint density at radius 3 is 2.63 bits per heavy atom. The van der Waals surface area contributed by atoms with Gasteiger partial charge in [0.15, 0.2) is 0 Å². The highest BCUT2D eigenvalue weighted by Crippen LogP contribution is 2.28. The number of amides is 1. The molecule has 0 aromatic heterocycles. The fourth-order valence-electron chi connectivity index (χ4n) is 1.53. The lowest BCUT2D eigenvalue weighted by Crippen LogP contribution is -2.27. The Bertz CT molecular complexity index is 509. The summed E-state index contributed by atoms with van der Waals surface area (Å²) in [5.41, 5.74) is 0.643. The number of hydrogen-bond acceptors (Lipinski definition) is 3. The van der Waals surface area contributed by atoms with E-state index in [1.54, 1.807) is 26.8 Å². The molecule has 4 nitrogen and oxygen atoms in total. The van der Waals surface area contributed by atoms with Crippen LogP contribution >= 0.6 is 0 Å². The molecule has 0 saturated heterocycles. The number of carbonyl (C=O) groups is 1. The zero-order valence-electron chi connectivity index (χ0n) is 11.7. The largest absolute Gasteiger partial charge is 0.508 e. The number of phenolic OH excluding ortho intramolecular Hbond substituents is 1. The summed E-state index contributed by atoms with van der Waals surface area (Å²) in [4.78, 5) is 11.7. The first kappa shape index (κ1) is 14.9. The Morgan fingerprint density at radius 1 is 1.47 bits per heavy atom. The average molecular weight is 261 g/mol. The molecule has 2 N–H and O–H groups in total. The van der Waals surface area contributed by atoms with E-state index in [2.05, 4.69) is 11.2 Å². The predicted molar refractivity (Wildman–Crippen MR) is 75.2 cm³/mol. The van der Waals surface area contributed by atoms with Gasteiger partial charge in [-0.15, -0.1) is 6.42 Å². The van der Waals surface area contributed by atoms with Crippen LogP contribution in [0.4, 0.5) is 10.5 Å². The Morgan fingerprint density at radius 2 is 2.11 bits per heavy atom. The SMILES string of the molecule is C#CC(C)c1cc(O)ccc1NC(=O)OC(C)(C)C. The van der Waals surface area contributed by atoms with E-state index in [1.807, 2.05) is 6.92 Å². The van der Waals surface area contributed by atoms with Gasteiger partial charge in [0.25, 0.3) is 0 Å². The second-order valence-corrected chi connectivity index (χ2v) is 5.29. The van der Waals surface area contributed by atoms with Crippen LogP contribution < -0.4 is 5.32 Å². The maximum Gasteiger partial charge on any atom is 0.412 e. The van der Waals surface area contributed by atoms with Crippen molar-refractivity contribution in [1.82, 2.24) is 0 Å². The normalized spacial score (nSPS) is 12.4. The van der Waals surface area contributed by atoms with E-state index in [-0.39, 0.29) is 11.7 Å². The third-order valence-electron chi connectivity index (χ3n) is 2.39. The Balaban J connectivity index is 2.96. The molecule has 0 aliphatic rings. The van der Waals surface area contributed by atoms with Crippen molar-refractivity contribution in [3.05, 3.63) is 23.8 Å². The van der Waals surface area contributed by atoms with E-state index < -0.39 is 11.7 Å². The third-order valence-corrected chi connectivity index (χ3v) is 2.39. The highest BCUT2D eigenvalue weighted by molar-refractivity contribution is 5.86. The lowest BCUT2D eigenvalue weighted by atomic mass is 10.00. The van der Waals surface area contributed by atoms with Gasteiger partial charge < -0.3 is 9.84 Å². The van der Waals surface area contributed by atoms with E-state index in [1.165, 1.54) is 12.1 Å². The van der Waals surface area contributed by atoms with Crippen LogP contribution in [0.5, 0.6) is 5.75 Å². The minimum absolute atomic E-state index is 0.104. The molecule has 1 amide bonds. The lowest BCUT2D eigenvalue weighted by Gasteiger charge is -2.21. The summed E-state index contributed by atoms with van der Waals surface area (Å²) < 4.78 is 5.18. The molecule has 1 rings (SSSR count). The molecular formula is C15H19NO3. The van der Waals surface area contributed by atoms with E-state index in [0.717, 1.165) is 0 Å². The van der Waals surface area contributed by atoms with E-state index in [0.29, 0.717) is 11.3 Å². The fraction of sp³-hybridized carbons (Fsp3) is 0.400. The van der Waals surface area contributed by atoms with Crippen LogP contribution in [0.25, 0.3) is 0 Å². The van der Waals surface area contributed by atoms with Gasteiger partial charge in [-0.3, -0.25) is 5.32 Å². The summed E-state index contributed by atoms with van der Waals surface area (Å²) in [6.45, 7) is 7.17. The molecule has 1 aromatic rings. The van der Waals surface area contributed by atoms with Gasteiger partial charge in [-0.2, -0.15) is 0 Å². The molecule has 0 fully saturated rings. The maximum absolute atomic E-state index is 11.7. The van der Waals surface area contributed by atoms with Crippen molar-refractivity contribution in [2.45, 2.75) is 39.2 Å². The van der Waals surface area contributed by atoms with Gasteiger partial charge >= 0.3 is 6.09 Å². The molecular weight excluding hydrogens is 242 g/mol. The molecule has 0 saturated carbocycles. The van der Waals surface area contributed by atoms with Crippen LogP contribution in [0.3, 0.4) is 0 Å². The lowest BCUT2D eigenvalue weighted by molar-refractivity contribution is 0.0635. The van der Waals surface area contributed by atoms with Crippen LogP contribution in [-0.4, -0.2) is 16.8 Å². The number of carbonyl (C=O) groups excluding carboxylic acids is 1. The molecule has 1 atom stereocenters. The Kier molecular flexibility index (Phi) is 4.44. The number of benzene rings is 1. The molecule has 0 radical (unpaired) electrons. The summed E-state index contributed by atoms with van der Waals surface area (Å²) in [5.74, 6) is 2.45. The second kappa shape index (κ2) is 5.66. The molecule has 0 aliphatic heterocycles. The topological polar surface area (TPSA) is 58.6 Å². The van der Waals surface area contributed by atoms with Crippen LogP contribution in [-0.2, 0) is 4.74 Å². The number of ether oxygens (including phenoxy) is 1. The number of aromatic hydroxyl groups is 1. The Labute approximate surface area is 113 Å². The minimum atomic E-state index is -0.571. The monoisotopic (exact) mass is 261 g/mol. The summed E-state index contributed by atoms with van der Waals surface area (Å²) >= 11 is 0. The van der Waals surface area contributed by atoms with Crippen molar-refractivity contribution < 1.29 is 14.6 Å². The zero-order valence-corrected chi connectivity index (χ0v) is 11.7. The molecule has 4 heteroatoms. The first-order valence-corrected chi connectivity index (χ1v) is 6.02. The van der Waals surface area contributed by atoms with Crippen LogP contribution in [0.15, 0.2) is 18.2 Å². The van der Waals surface area contributed by atoms with Gasteiger partial charge in [0, 0.05) is 11.6 Å². The number of anilines is 1. The number of phenols is 1. The fourth-order valence-corrected chi connectivity index (χ4v) is 1.53. The summed E-state index contributed by atoms with van der Waals surface area (Å²) in [6.07, 6.45) is 4.83. The highest BCUT2D eigenvalue weighted by atomic mass is 16.6. The van der Waals surface area contributed by atoms with Crippen molar-refractivity contribution in [3.8, 4) is 18.1 Å². The first-order chi connectivity index (χ1) is 8.73. The highest BCUT2D eigenvalue weighted by Gasteiger charge is 2.18. The van der Waals surface area contributed by atoms with Gasteiger partial charge in [-0.25, -0.2) is 4.79 Å². The van der Waals surface area contributed by atoms with E-state index in [4.69, 9.17) is 11.2 Å². The van der Waals surface area contributed by atoms with Crippen molar-refractivity contribution in [3.63, 3.8) is 0 Å². The van der Waals surface area contributed by atoms with E-state index >= 15 is 0 Å². The quantitative estimate of drug-likeness (QED) is 0.633. The number of rotatable bonds is 2. The van der Waals surface area contributed by atoms with Gasteiger partial charge in [-0.1, -0.05) is 5.92 Å². The van der Waals surface area contributed by atoms with Gasteiger partial charge in [0.2, 0.25) is 0 Å². The smallest absolute Gasteiger partial charge is 0.412 e. The van der Waals surface area contributed by atoms with Crippen molar-refractivity contribution >= 4 is 11.8 Å². The molecule has 1 aromatic carbocycles. The molecule has 0 heterocycles. The molecule has 102 valence electrons. The summed E-state index contributed by atoms with van der Waals surface area (Å²) in [6, 6.07) is 4.62. The standard InChI is InChI=1S/C15H19NO3/c1-6-10(2)12-9-11(17)7-8-13(12)16-14(18)19-15(3,4)5/h1,7-10,17H,2-5H3,(H,16,18). The number of nitrogens with one attached hydrogen (secondary N) is 1. The molecule has 19 heavy (non-hydrogen) atoms. The number of terminal acetylenes is 1. The molecule has 0 bridgehead atoms. The molecule has 0 aliphatic carbocycles. The second-order valence-electron chi connectivity index (χ2n) is 5.29. The number of hydrogen-bond donors (Lipinski definition) is 2. The van der Waals surface area contributed by atoms with Crippen LogP contribution in [0.2, 0.25) is 0 Å². The van der Waals surface area contributed by atoms with Gasteiger partial charge in [-0.05, 0) is 51.5 Å². The summed E-state index contributed by atoms with van der Waals surface area (Å²) in [5, 5.41) is 12.1. The molecule has 0 spiro atoms. The Hall–Kier alpha value is -2.15. The van der Waals surface area contributed by atoms with Crippen molar-refractivity contribution in [2.24, 2.45) is 0 Å².